The summed E-state index contributed by atoms with van der Waals surface area (Å²) in [4.78, 5) is 7.20. The third kappa shape index (κ3) is 8.38. The Morgan fingerprint density at radius 3 is 1.63 bits per heavy atom. The molecule has 0 aromatic heterocycles. The van der Waals surface area contributed by atoms with Gasteiger partial charge in [0.2, 0.25) is 0 Å². The highest BCUT2D eigenvalue weighted by Crippen LogP contribution is 2.66. The molecule has 0 amide bonds. The van der Waals surface area contributed by atoms with Crippen LogP contribution in [0.3, 0.4) is 0 Å². The molecule has 0 bridgehead atoms. The highest BCUT2D eigenvalue weighted by atomic mass is 15.2. The van der Waals surface area contributed by atoms with Gasteiger partial charge < -0.3 is 14.7 Å². The van der Waals surface area contributed by atoms with Crippen molar-refractivity contribution < 1.29 is 0 Å². The second-order valence-electron chi connectivity index (χ2n) is 24.8. The van der Waals surface area contributed by atoms with Gasteiger partial charge in [0, 0.05) is 74.2 Å². The average Bonchev–Trinajstić information content (AvgIpc) is 1.48. The summed E-state index contributed by atoms with van der Waals surface area (Å²) in [6, 6.07) is 120. The number of hydrogen-bond acceptors (Lipinski definition) is 3. The van der Waals surface area contributed by atoms with E-state index >= 15 is 0 Å². The molecule has 0 radical (unpaired) electrons. The molecule has 13 aromatic rings. The van der Waals surface area contributed by atoms with Crippen LogP contribution in [-0.4, -0.2) is 0 Å². The molecule has 0 fully saturated rings. The van der Waals surface area contributed by atoms with Crippen LogP contribution in [0, 0.1) is 18.1 Å². The van der Waals surface area contributed by atoms with Crippen molar-refractivity contribution >= 4 is 62.0 Å². The van der Waals surface area contributed by atoms with Crippen molar-refractivity contribution in [2.45, 2.75) is 23.7 Å². The predicted octanol–water partition coefficient (Wildman–Crippen LogP) is 22.8. The van der Waals surface area contributed by atoms with E-state index in [1.165, 1.54) is 94.2 Å². The van der Waals surface area contributed by atoms with Gasteiger partial charge in [0.25, 0.3) is 0 Å². The van der Waals surface area contributed by atoms with Crippen molar-refractivity contribution in [3.63, 3.8) is 0 Å². The van der Waals surface area contributed by atoms with E-state index in [2.05, 4.69) is 361 Å². The van der Waals surface area contributed by atoms with Crippen molar-refractivity contribution in [2.24, 2.45) is 5.92 Å². The van der Waals surface area contributed by atoms with E-state index in [9.17, 15) is 0 Å². The monoisotopic (exact) mass is 1170 g/mol. The lowest BCUT2D eigenvalue weighted by molar-refractivity contribution is 0.670. The molecular formula is C89H61N3. The minimum atomic E-state index is -0.735. The maximum atomic E-state index is 3.69. The number of anilines is 9. The van der Waals surface area contributed by atoms with E-state index in [-0.39, 0.29) is 17.8 Å². The summed E-state index contributed by atoms with van der Waals surface area (Å²) in [6.07, 6.45) is 14.9. The molecule has 5 aliphatic carbocycles. The first-order valence-corrected chi connectivity index (χ1v) is 32.2. The molecular weight excluding hydrogens is 1110 g/mol. The third-order valence-corrected chi connectivity index (χ3v) is 20.0. The van der Waals surface area contributed by atoms with Crippen LogP contribution in [0.25, 0.3) is 33.0 Å². The molecule has 0 heterocycles. The Balaban J connectivity index is 0.861. The minimum Gasteiger partial charge on any atom is -0.311 e. The lowest BCUT2D eigenvalue weighted by atomic mass is 9.58. The maximum absolute atomic E-state index is 3.69. The Morgan fingerprint density at radius 2 is 0.935 bits per heavy atom. The highest BCUT2D eigenvalue weighted by Gasteiger charge is 2.54. The largest absolute Gasteiger partial charge is 0.311 e. The van der Waals surface area contributed by atoms with Crippen LogP contribution >= 0.6 is 0 Å². The highest BCUT2D eigenvalue weighted by molar-refractivity contribution is 6.01. The van der Waals surface area contributed by atoms with Crippen LogP contribution in [-0.2, 0) is 5.41 Å². The Morgan fingerprint density at radius 1 is 0.391 bits per heavy atom. The Labute approximate surface area is 538 Å². The number of benzene rings is 12. The van der Waals surface area contributed by atoms with E-state index in [1.807, 2.05) is 6.07 Å². The van der Waals surface area contributed by atoms with E-state index in [1.54, 1.807) is 0 Å². The molecule has 3 nitrogen and oxygen atoms in total. The van der Waals surface area contributed by atoms with Crippen LogP contribution in [0.2, 0.25) is 0 Å². The Bertz CT molecular complexity index is 5060. The van der Waals surface area contributed by atoms with Gasteiger partial charge in [-0.15, -0.1) is 0 Å². The smallest absolute Gasteiger partial charge is 0.0720 e. The van der Waals surface area contributed by atoms with Crippen molar-refractivity contribution in [1.82, 2.24) is 0 Å². The van der Waals surface area contributed by atoms with E-state index in [0.717, 1.165) is 57.6 Å². The van der Waals surface area contributed by atoms with E-state index in [4.69, 9.17) is 0 Å². The average molecular weight is 1170 g/mol. The fourth-order valence-corrected chi connectivity index (χ4v) is 16.2. The van der Waals surface area contributed by atoms with E-state index < -0.39 is 5.41 Å². The van der Waals surface area contributed by atoms with Gasteiger partial charge in [-0.05, 0) is 199 Å². The van der Waals surface area contributed by atoms with Crippen molar-refractivity contribution in [2.75, 3.05) is 14.7 Å². The van der Waals surface area contributed by atoms with Gasteiger partial charge in [-0.25, -0.2) is 0 Å². The molecule has 4 atom stereocenters. The topological polar surface area (TPSA) is 9.72 Å². The van der Waals surface area contributed by atoms with Gasteiger partial charge in [-0.1, -0.05) is 242 Å². The normalized spacial score (nSPS) is 16.8. The summed E-state index contributed by atoms with van der Waals surface area (Å²) in [5.74, 6) is 0.174. The first-order chi connectivity index (χ1) is 45.7. The molecule has 5 aliphatic rings. The van der Waals surface area contributed by atoms with Crippen molar-refractivity contribution in [3.05, 3.63) is 413 Å². The fraction of sp³-hybridized carbons (Fsp3) is 0.0562. The van der Waals surface area contributed by atoms with Crippen molar-refractivity contribution in [3.8, 4) is 22.3 Å². The fourth-order valence-electron chi connectivity index (χ4n) is 16.2. The van der Waals surface area contributed by atoms with Gasteiger partial charge in [0.15, 0.2) is 0 Å². The summed E-state index contributed by atoms with van der Waals surface area (Å²) >= 11 is 0. The van der Waals surface area contributed by atoms with Crippen molar-refractivity contribution in [1.29, 1.82) is 0 Å². The first-order valence-electron chi connectivity index (χ1n) is 32.2. The van der Waals surface area contributed by atoms with Gasteiger partial charge in [0.05, 0.1) is 11.1 Å². The number of nitrogens with zero attached hydrogens (tertiary/aromatic N) is 3. The molecule has 1 spiro atoms. The SMILES string of the molecule is c1ccc2c(c#1)C1c3ccccc3C3(c4cc(C(C5=CC=CC6=CC=CCC65)c5ccc(N(c6ccccc6)c6ccccc6)cc5)ccc4-c4ccc(N(c5ccc(N(c6ccccc6)c6ccccc6)cc5)c5cccc6ccccc56)cc43)c3cccc-2c31. The second-order valence-corrected chi connectivity index (χ2v) is 24.8. The molecule has 432 valence electrons. The number of allylic oxidation sites excluding steroid dienone is 8. The summed E-state index contributed by atoms with van der Waals surface area (Å²) in [5, 5.41) is 2.37. The van der Waals surface area contributed by atoms with Gasteiger partial charge in [0.1, 0.15) is 0 Å². The molecule has 0 aliphatic heterocycles. The summed E-state index contributed by atoms with van der Waals surface area (Å²) in [6.45, 7) is 0. The molecule has 3 heteroatoms. The summed E-state index contributed by atoms with van der Waals surface area (Å²) in [7, 11) is 0. The lowest BCUT2D eigenvalue weighted by Gasteiger charge is -2.43. The van der Waals surface area contributed by atoms with Crippen LogP contribution < -0.4 is 14.7 Å². The zero-order valence-electron chi connectivity index (χ0n) is 50.6. The van der Waals surface area contributed by atoms with E-state index in [0.29, 0.717) is 0 Å². The van der Waals surface area contributed by atoms with Gasteiger partial charge in [-0.3, -0.25) is 0 Å². The van der Waals surface area contributed by atoms with Crippen LogP contribution in [0.1, 0.15) is 68.3 Å². The van der Waals surface area contributed by atoms with Crippen LogP contribution in [0.15, 0.2) is 351 Å². The standard InChI is InChI=1S/C89H61N3/c1-5-28-64(29-6-1)90(65-30-7-2-8-31-65)68-49-46-62(47-50-68)86(77-41-21-26-60-24-13-15-36-72(60)77)63-48-56-75-76-57-55-71(59-84(76)89(83(75)58-63)81-43-20-19-40-80(81)87-78-39-18-17-38-74(78)79-42-23-44-82(89)88(79)87)92(85-45-22-27-61-25-14-16-37-73(61)85)70-53-51-69(52-54-70)91(66-32-9-3-10-33-66)67-34-11-4-12-35-67/h1-17,19-35,37-38,40-59,72,86-87H,36H2. The maximum Gasteiger partial charge on any atom is 0.0720 e. The Kier molecular flexibility index (Phi) is 12.6. The zero-order valence-corrected chi connectivity index (χ0v) is 50.6. The molecule has 92 heavy (non-hydrogen) atoms. The number of fused-ring (bicyclic) bond motifs is 14. The lowest BCUT2D eigenvalue weighted by Crippen LogP contribution is -2.35. The molecule has 0 N–H and O–H groups in total. The summed E-state index contributed by atoms with van der Waals surface area (Å²) in [5.41, 5.74) is 28.6. The molecule has 0 saturated carbocycles. The van der Waals surface area contributed by atoms with Gasteiger partial charge >= 0.3 is 0 Å². The summed E-state index contributed by atoms with van der Waals surface area (Å²) < 4.78 is 0. The molecule has 13 aromatic carbocycles. The third-order valence-electron chi connectivity index (χ3n) is 20.0. The van der Waals surface area contributed by atoms with Gasteiger partial charge in [-0.2, -0.15) is 0 Å². The predicted molar refractivity (Wildman–Crippen MR) is 380 cm³/mol. The number of hydrogen-bond donors (Lipinski definition) is 0. The first kappa shape index (κ1) is 53.3. The molecule has 0 saturated heterocycles. The zero-order chi connectivity index (χ0) is 60.7. The second kappa shape index (κ2) is 21.8. The quantitative estimate of drug-likeness (QED) is 0.121. The van der Waals surface area contributed by atoms with Crippen LogP contribution in [0.4, 0.5) is 51.2 Å². The van der Waals surface area contributed by atoms with Crippen LogP contribution in [0.5, 0.6) is 0 Å². The number of para-hydroxylation sites is 4. The molecule has 4 unspecified atom stereocenters. The molecule has 18 rings (SSSR count). The minimum absolute atomic E-state index is 0.00715. The number of rotatable bonds is 12. The Hall–Kier alpha value is -11.7.